The zero-order valence-corrected chi connectivity index (χ0v) is 7.24. The van der Waals surface area contributed by atoms with E-state index < -0.39 is 0 Å². The van der Waals surface area contributed by atoms with Gasteiger partial charge >= 0.3 is 0 Å². The Morgan fingerprint density at radius 1 is 1.33 bits per heavy atom. The Morgan fingerprint density at radius 3 is 2.17 bits per heavy atom. The summed E-state index contributed by atoms with van der Waals surface area (Å²) in [5.41, 5.74) is 0. The average Bonchev–Trinajstić information content (AvgIpc) is 1.61. The topological polar surface area (TPSA) is 0 Å². The monoisotopic (exact) mass is 176 g/mol. The molecule has 0 radical (unpaired) electrons. The Bertz CT molecular complexity index is 15.9. The maximum atomic E-state index is 3.90. The van der Waals surface area contributed by atoms with E-state index in [1.54, 1.807) is 30.4 Å². The van der Waals surface area contributed by atoms with E-state index in [-0.39, 0.29) is 0 Å². The van der Waals surface area contributed by atoms with Gasteiger partial charge in [-0.05, 0) is 35.7 Å². The van der Waals surface area contributed by atoms with Gasteiger partial charge in [0.25, 0.3) is 0 Å². The molecule has 0 aliphatic carbocycles. The van der Waals surface area contributed by atoms with Gasteiger partial charge in [0.1, 0.15) is 0 Å². The quantitative estimate of drug-likeness (QED) is 0.398. The van der Waals surface area contributed by atoms with Gasteiger partial charge in [-0.3, -0.25) is 0 Å². The fraction of sp³-hybridized carbons (Fsp3) is 1.00. The van der Waals surface area contributed by atoms with Crippen LogP contribution in [0.5, 0.6) is 0 Å². The molecular weight excluding hydrogens is 172 g/mol. The van der Waals surface area contributed by atoms with Crippen LogP contribution in [-0.2, 0) is 0 Å². The van der Waals surface area contributed by atoms with Crippen molar-refractivity contribution in [1.82, 2.24) is 0 Å². The lowest BCUT2D eigenvalue weighted by Crippen LogP contribution is -1.25. The second-order valence-corrected chi connectivity index (χ2v) is 7.19. The molecule has 5 heteroatoms. The van der Waals surface area contributed by atoms with Crippen LogP contribution in [0.1, 0.15) is 0 Å². The molecule has 0 saturated carbocycles. The van der Waals surface area contributed by atoms with Crippen LogP contribution in [0.15, 0.2) is 0 Å². The Hall–Kier alpha value is 1.75. The standard InChI is InChI=1S/CH4S5/c1-3-5-6-4-2/h2H,1H3. The Balaban J connectivity index is 2.34. The SMILES string of the molecule is CSSSSS. The minimum atomic E-state index is 1.48. The Morgan fingerprint density at radius 2 is 2.00 bits per heavy atom. The summed E-state index contributed by atoms with van der Waals surface area (Å²) in [6.45, 7) is 0. The minimum absolute atomic E-state index is 1.48. The van der Waals surface area contributed by atoms with Crippen molar-refractivity contribution in [3.8, 4) is 0 Å². The summed E-state index contributed by atoms with van der Waals surface area (Å²) in [5, 5.41) is 0. The molecule has 0 aromatic carbocycles. The predicted octanol–water partition coefficient (Wildman–Crippen LogP) is 3.14. The highest BCUT2D eigenvalue weighted by Gasteiger charge is 1.78. The summed E-state index contributed by atoms with van der Waals surface area (Å²) in [6, 6.07) is 0. The first-order chi connectivity index (χ1) is 2.91. The van der Waals surface area contributed by atoms with Gasteiger partial charge in [0.2, 0.25) is 0 Å². The van der Waals surface area contributed by atoms with Gasteiger partial charge in [0.15, 0.2) is 0 Å². The van der Waals surface area contributed by atoms with Crippen molar-refractivity contribution in [2.24, 2.45) is 0 Å². The van der Waals surface area contributed by atoms with Crippen molar-refractivity contribution in [3.63, 3.8) is 0 Å². The second-order valence-electron chi connectivity index (χ2n) is 0.377. The van der Waals surface area contributed by atoms with Crippen molar-refractivity contribution >= 4 is 51.9 Å². The highest BCUT2D eigenvalue weighted by Crippen LogP contribution is 2.42. The lowest BCUT2D eigenvalue weighted by Gasteiger charge is -1.83. The lowest BCUT2D eigenvalue weighted by molar-refractivity contribution is 2.55. The number of hydrogen-bond donors (Lipinski definition) is 1. The molecule has 0 fully saturated rings. The predicted molar refractivity (Wildman–Crippen MR) is 45.3 cm³/mol. The van der Waals surface area contributed by atoms with Crippen LogP contribution in [0.25, 0.3) is 0 Å². The van der Waals surface area contributed by atoms with Gasteiger partial charge in [-0.2, -0.15) is 0 Å². The summed E-state index contributed by atoms with van der Waals surface area (Å²) in [6.07, 6.45) is 2.04. The molecule has 6 heavy (non-hydrogen) atoms. The summed E-state index contributed by atoms with van der Waals surface area (Å²) in [7, 11) is 6.61. The molecule has 0 heterocycles. The van der Waals surface area contributed by atoms with Crippen LogP contribution in [0.4, 0.5) is 0 Å². The van der Waals surface area contributed by atoms with E-state index in [0.717, 1.165) is 0 Å². The molecule has 0 nitrogen and oxygen atoms in total. The Kier molecular flexibility index (Phi) is 8.72. The molecule has 0 atom stereocenters. The molecule has 0 aliphatic heterocycles. The smallest absolute Gasteiger partial charge is 0.00198 e. The zero-order valence-electron chi connectivity index (χ0n) is 3.08. The normalized spacial score (nSPS) is 9.00. The third-order valence-electron chi connectivity index (χ3n) is 0.126. The summed E-state index contributed by atoms with van der Waals surface area (Å²) in [4.78, 5) is 0. The van der Waals surface area contributed by atoms with Crippen LogP contribution >= 0.6 is 51.9 Å². The van der Waals surface area contributed by atoms with Gasteiger partial charge in [-0.25, -0.2) is 0 Å². The van der Waals surface area contributed by atoms with Crippen molar-refractivity contribution in [2.45, 2.75) is 0 Å². The number of rotatable bonds is 3. The van der Waals surface area contributed by atoms with Gasteiger partial charge in [-0.1, -0.05) is 22.5 Å². The molecular formula is CH4S5. The van der Waals surface area contributed by atoms with Crippen LogP contribution < -0.4 is 0 Å². The molecule has 0 amide bonds. The third-order valence-corrected chi connectivity index (χ3v) is 6.55. The Labute approximate surface area is 58.0 Å². The first-order valence-corrected chi connectivity index (χ1v) is 7.37. The largest absolute Gasteiger partial charge is 0.0988 e. The highest BCUT2D eigenvalue weighted by molar-refractivity contribution is 9.34. The van der Waals surface area contributed by atoms with Crippen molar-refractivity contribution in [3.05, 3.63) is 0 Å². The maximum Gasteiger partial charge on any atom is -0.00198 e. The highest BCUT2D eigenvalue weighted by atomic mass is 33.8. The van der Waals surface area contributed by atoms with E-state index in [2.05, 4.69) is 11.7 Å². The van der Waals surface area contributed by atoms with Crippen LogP contribution in [0.3, 0.4) is 0 Å². The lowest BCUT2D eigenvalue weighted by atomic mass is 12.0. The molecule has 0 rings (SSSR count). The second kappa shape index (κ2) is 6.75. The fourth-order valence-corrected chi connectivity index (χ4v) is 5.27. The maximum absolute atomic E-state index is 3.90. The van der Waals surface area contributed by atoms with Crippen molar-refractivity contribution in [1.29, 1.82) is 0 Å². The molecule has 0 N–H and O–H groups in total. The van der Waals surface area contributed by atoms with E-state index in [0.29, 0.717) is 0 Å². The molecule has 0 aliphatic rings. The molecule has 0 unspecified atom stereocenters. The van der Waals surface area contributed by atoms with Crippen LogP contribution in [-0.4, -0.2) is 6.26 Å². The van der Waals surface area contributed by atoms with Gasteiger partial charge in [0.05, 0.1) is 0 Å². The number of thiol groups is 1. The molecule has 0 bridgehead atoms. The molecule has 0 aromatic heterocycles. The summed E-state index contributed by atoms with van der Waals surface area (Å²) < 4.78 is 0. The van der Waals surface area contributed by atoms with E-state index >= 15 is 0 Å². The fourth-order valence-electron chi connectivity index (χ4n) is 0.0402. The van der Waals surface area contributed by atoms with Crippen molar-refractivity contribution < 1.29 is 0 Å². The van der Waals surface area contributed by atoms with Gasteiger partial charge in [-0.15, -0.1) is 0 Å². The van der Waals surface area contributed by atoms with Gasteiger partial charge < -0.3 is 0 Å². The van der Waals surface area contributed by atoms with Crippen LogP contribution in [0.2, 0.25) is 0 Å². The van der Waals surface area contributed by atoms with Crippen molar-refractivity contribution in [2.75, 3.05) is 6.26 Å². The third kappa shape index (κ3) is 5.75. The average molecular weight is 176 g/mol. The zero-order chi connectivity index (χ0) is 4.83. The first-order valence-electron chi connectivity index (χ1n) is 1.09. The van der Waals surface area contributed by atoms with Gasteiger partial charge in [0, 0.05) is 0 Å². The summed E-state index contributed by atoms with van der Waals surface area (Å²) in [5.74, 6) is 0. The van der Waals surface area contributed by atoms with E-state index in [1.807, 2.05) is 6.26 Å². The van der Waals surface area contributed by atoms with E-state index in [1.165, 1.54) is 9.83 Å². The minimum Gasteiger partial charge on any atom is -0.0988 e. The summed E-state index contributed by atoms with van der Waals surface area (Å²) >= 11 is 3.90. The molecule has 0 aromatic rings. The number of hydrogen-bond acceptors (Lipinski definition) is 5. The molecule has 0 spiro atoms. The first kappa shape index (κ1) is 7.75. The van der Waals surface area contributed by atoms with E-state index in [4.69, 9.17) is 0 Å². The van der Waals surface area contributed by atoms with Crippen LogP contribution in [0, 0.1) is 0 Å². The molecule has 0 saturated heterocycles. The molecule has 38 valence electrons. The van der Waals surface area contributed by atoms with E-state index in [9.17, 15) is 0 Å².